The molecule has 0 radical (unpaired) electrons. The van der Waals surface area contributed by atoms with Gasteiger partial charge in [-0.15, -0.1) is 0 Å². The van der Waals surface area contributed by atoms with Crippen molar-refractivity contribution >= 4 is 38.4 Å². The molecule has 0 aliphatic carbocycles. The number of hydrogen-bond donors (Lipinski definition) is 2. The summed E-state index contributed by atoms with van der Waals surface area (Å²) in [4.78, 5) is 17.0. The molecule has 1 heterocycles. The molecule has 0 aliphatic heterocycles. The molecule has 3 rings (SSSR count). The molecule has 26 heavy (non-hydrogen) atoms. The minimum atomic E-state index is -3.49. The van der Waals surface area contributed by atoms with Crippen molar-refractivity contribution in [2.45, 2.75) is 19.8 Å². The third kappa shape index (κ3) is 4.02. The van der Waals surface area contributed by atoms with Crippen molar-refractivity contribution in [2.75, 3.05) is 16.3 Å². The maximum atomic E-state index is 12.6. The SMILES string of the molecule is CC(C)c1nc2cc(NC(=O)c3ccccc3NS(C)(=O)=O)ccc2o1. The van der Waals surface area contributed by atoms with Gasteiger partial charge < -0.3 is 9.73 Å². The van der Waals surface area contributed by atoms with Gasteiger partial charge in [-0.25, -0.2) is 13.4 Å². The first-order chi connectivity index (χ1) is 12.2. The number of nitrogens with zero attached hydrogens (tertiary/aromatic N) is 1. The fourth-order valence-electron chi connectivity index (χ4n) is 2.44. The van der Waals surface area contributed by atoms with Crippen LogP contribution in [-0.4, -0.2) is 25.6 Å². The van der Waals surface area contributed by atoms with Crippen LogP contribution < -0.4 is 10.0 Å². The number of para-hydroxylation sites is 1. The van der Waals surface area contributed by atoms with E-state index in [4.69, 9.17) is 4.42 Å². The van der Waals surface area contributed by atoms with Crippen LogP contribution in [-0.2, 0) is 10.0 Å². The zero-order valence-corrected chi connectivity index (χ0v) is 15.4. The molecule has 2 N–H and O–H groups in total. The molecule has 0 bridgehead atoms. The number of fused-ring (bicyclic) bond motifs is 1. The highest BCUT2D eigenvalue weighted by atomic mass is 32.2. The number of nitrogens with one attached hydrogen (secondary N) is 2. The van der Waals surface area contributed by atoms with Gasteiger partial charge in [0.15, 0.2) is 11.5 Å². The summed E-state index contributed by atoms with van der Waals surface area (Å²) in [5.74, 6) is 0.365. The van der Waals surface area contributed by atoms with Crippen molar-refractivity contribution in [2.24, 2.45) is 0 Å². The summed E-state index contributed by atoms with van der Waals surface area (Å²) >= 11 is 0. The van der Waals surface area contributed by atoms with Crippen molar-refractivity contribution < 1.29 is 17.6 Å². The number of hydrogen-bond acceptors (Lipinski definition) is 5. The lowest BCUT2D eigenvalue weighted by atomic mass is 10.1. The molecule has 7 nitrogen and oxygen atoms in total. The molecule has 1 aromatic heterocycles. The molecular formula is C18H19N3O4S. The van der Waals surface area contributed by atoms with Crippen molar-refractivity contribution in [3.05, 3.63) is 53.9 Å². The van der Waals surface area contributed by atoms with Crippen LogP contribution in [0, 0.1) is 0 Å². The van der Waals surface area contributed by atoms with E-state index in [1.54, 1.807) is 36.4 Å². The molecule has 3 aromatic rings. The topological polar surface area (TPSA) is 101 Å². The molecule has 0 atom stereocenters. The second-order valence-corrected chi connectivity index (χ2v) is 8.01. The fraction of sp³-hybridized carbons (Fsp3) is 0.222. The molecule has 1 amide bonds. The second-order valence-electron chi connectivity index (χ2n) is 6.26. The van der Waals surface area contributed by atoms with Crippen molar-refractivity contribution in [1.82, 2.24) is 4.98 Å². The van der Waals surface area contributed by atoms with E-state index in [9.17, 15) is 13.2 Å². The minimum absolute atomic E-state index is 0.161. The molecule has 8 heteroatoms. The van der Waals surface area contributed by atoms with Gasteiger partial charge in [0.05, 0.1) is 17.5 Å². The highest BCUT2D eigenvalue weighted by Crippen LogP contribution is 2.25. The average Bonchev–Trinajstić information content (AvgIpc) is 2.97. The Hall–Kier alpha value is -2.87. The summed E-state index contributed by atoms with van der Waals surface area (Å²) in [6, 6.07) is 11.6. The lowest BCUT2D eigenvalue weighted by Gasteiger charge is -2.11. The third-order valence-electron chi connectivity index (χ3n) is 3.62. The van der Waals surface area contributed by atoms with Crippen LogP contribution in [0.3, 0.4) is 0 Å². The van der Waals surface area contributed by atoms with Gasteiger partial charge in [-0.3, -0.25) is 9.52 Å². The Morgan fingerprint density at radius 1 is 1.15 bits per heavy atom. The summed E-state index contributed by atoms with van der Waals surface area (Å²) in [5, 5.41) is 2.76. The Morgan fingerprint density at radius 2 is 1.88 bits per heavy atom. The Bertz CT molecular complexity index is 1070. The van der Waals surface area contributed by atoms with Gasteiger partial charge in [-0.1, -0.05) is 26.0 Å². The first-order valence-electron chi connectivity index (χ1n) is 8.01. The van der Waals surface area contributed by atoms with Crippen LogP contribution in [0.5, 0.6) is 0 Å². The first kappa shape index (κ1) is 17.9. The summed E-state index contributed by atoms with van der Waals surface area (Å²) in [6.07, 6.45) is 1.03. The number of amides is 1. The van der Waals surface area contributed by atoms with Gasteiger partial charge in [0.1, 0.15) is 5.52 Å². The fourth-order valence-corrected chi connectivity index (χ4v) is 3.02. The standard InChI is InChI=1S/C18H19N3O4S/c1-11(2)18-20-15-10-12(8-9-16(15)25-18)19-17(22)13-6-4-5-7-14(13)21-26(3,23)24/h4-11,21H,1-3H3,(H,19,22). The molecule has 0 fully saturated rings. The molecule has 0 saturated heterocycles. The van der Waals surface area contributed by atoms with Crippen molar-refractivity contribution in [1.29, 1.82) is 0 Å². The van der Waals surface area contributed by atoms with Crippen LogP contribution in [0.15, 0.2) is 46.9 Å². The van der Waals surface area contributed by atoms with Crippen molar-refractivity contribution in [3.8, 4) is 0 Å². The average molecular weight is 373 g/mol. The molecule has 0 saturated carbocycles. The van der Waals surface area contributed by atoms with Crippen molar-refractivity contribution in [3.63, 3.8) is 0 Å². The maximum Gasteiger partial charge on any atom is 0.257 e. The minimum Gasteiger partial charge on any atom is -0.440 e. The molecule has 0 unspecified atom stereocenters. The van der Waals surface area contributed by atoms with E-state index in [0.717, 1.165) is 6.26 Å². The normalized spacial score (nSPS) is 11.7. The third-order valence-corrected chi connectivity index (χ3v) is 4.21. The van der Waals surface area contributed by atoms with E-state index in [2.05, 4.69) is 15.0 Å². The Balaban J connectivity index is 1.87. The first-order valence-corrected chi connectivity index (χ1v) is 9.91. The quantitative estimate of drug-likeness (QED) is 0.712. The molecule has 0 aliphatic rings. The monoisotopic (exact) mass is 373 g/mol. The Morgan fingerprint density at radius 3 is 2.58 bits per heavy atom. The summed E-state index contributed by atoms with van der Waals surface area (Å²) in [5.41, 5.74) is 2.28. The highest BCUT2D eigenvalue weighted by Gasteiger charge is 2.15. The second kappa shape index (κ2) is 6.80. The number of carbonyl (C=O) groups is 1. The number of oxazole rings is 1. The van der Waals surface area contributed by atoms with Gasteiger partial charge >= 0.3 is 0 Å². The lowest BCUT2D eigenvalue weighted by molar-refractivity contribution is 0.102. The molecule has 136 valence electrons. The van der Waals surface area contributed by atoms with E-state index in [0.29, 0.717) is 22.7 Å². The van der Waals surface area contributed by atoms with Gasteiger partial charge in [-0.2, -0.15) is 0 Å². The number of sulfonamides is 1. The number of aromatic nitrogens is 1. The highest BCUT2D eigenvalue weighted by molar-refractivity contribution is 7.92. The molecular weight excluding hydrogens is 354 g/mol. The maximum absolute atomic E-state index is 12.6. The van der Waals surface area contributed by atoms with Gasteiger partial charge in [0.25, 0.3) is 5.91 Å². The van der Waals surface area contributed by atoms with E-state index < -0.39 is 15.9 Å². The van der Waals surface area contributed by atoms with Crippen LogP contribution >= 0.6 is 0 Å². The summed E-state index contributed by atoms with van der Waals surface area (Å²) < 4.78 is 30.9. The van der Waals surface area contributed by atoms with E-state index in [1.807, 2.05) is 13.8 Å². The van der Waals surface area contributed by atoms with E-state index >= 15 is 0 Å². The molecule has 0 spiro atoms. The summed E-state index contributed by atoms with van der Waals surface area (Å²) in [7, 11) is -3.49. The number of rotatable bonds is 5. The largest absolute Gasteiger partial charge is 0.440 e. The number of benzene rings is 2. The van der Waals surface area contributed by atoms with Gasteiger partial charge in [0.2, 0.25) is 10.0 Å². The van der Waals surface area contributed by atoms with Gasteiger partial charge in [-0.05, 0) is 30.3 Å². The van der Waals surface area contributed by atoms with Gasteiger partial charge in [0, 0.05) is 11.6 Å². The van der Waals surface area contributed by atoms with Crippen LogP contribution in [0.25, 0.3) is 11.1 Å². The lowest BCUT2D eigenvalue weighted by Crippen LogP contribution is -2.17. The zero-order valence-electron chi connectivity index (χ0n) is 14.6. The Kier molecular flexibility index (Phi) is 4.69. The zero-order chi connectivity index (χ0) is 18.9. The number of anilines is 2. The predicted molar refractivity (Wildman–Crippen MR) is 101 cm³/mol. The smallest absolute Gasteiger partial charge is 0.257 e. The summed E-state index contributed by atoms with van der Waals surface area (Å²) in [6.45, 7) is 3.97. The predicted octanol–water partition coefficient (Wildman–Crippen LogP) is 3.58. The molecule has 2 aromatic carbocycles. The van der Waals surface area contributed by atoms with Crippen LogP contribution in [0.1, 0.15) is 36.0 Å². The van der Waals surface area contributed by atoms with E-state index in [1.165, 1.54) is 6.07 Å². The Labute approximate surface area is 151 Å². The van der Waals surface area contributed by atoms with Crippen LogP contribution in [0.2, 0.25) is 0 Å². The van der Waals surface area contributed by atoms with E-state index in [-0.39, 0.29) is 17.2 Å². The number of carbonyl (C=O) groups excluding carboxylic acids is 1. The van der Waals surface area contributed by atoms with Crippen LogP contribution in [0.4, 0.5) is 11.4 Å².